The van der Waals surface area contributed by atoms with Crippen LogP contribution in [0.5, 0.6) is 5.75 Å². The average molecular weight is 468 g/mol. The maximum atomic E-state index is 13.1. The smallest absolute Gasteiger partial charge is 0.341 e. The van der Waals surface area contributed by atoms with Gasteiger partial charge in [-0.25, -0.2) is 9.78 Å². The molecule has 7 heteroatoms. The first-order chi connectivity index (χ1) is 17.0. The Morgan fingerprint density at radius 3 is 2.40 bits per heavy atom. The third-order valence-electron chi connectivity index (χ3n) is 6.08. The van der Waals surface area contributed by atoms with Crippen molar-refractivity contribution in [2.45, 2.75) is 31.2 Å². The molecular formula is C28H25N3O4. The number of amides is 1. The number of carbonyl (C=O) groups excluding carboxylic acids is 1. The van der Waals surface area contributed by atoms with Crippen molar-refractivity contribution in [1.82, 2.24) is 10.3 Å². The molecule has 2 N–H and O–H groups in total. The number of nitriles is 1. The fourth-order valence-electron chi connectivity index (χ4n) is 4.36. The lowest BCUT2D eigenvalue weighted by Crippen LogP contribution is -2.44. The van der Waals surface area contributed by atoms with E-state index in [1.807, 2.05) is 42.5 Å². The number of hydrogen-bond donors (Lipinski definition) is 2. The molecule has 1 amide bonds. The van der Waals surface area contributed by atoms with Gasteiger partial charge in [-0.05, 0) is 60.9 Å². The molecule has 3 aromatic rings. The van der Waals surface area contributed by atoms with Crippen molar-refractivity contribution >= 4 is 18.0 Å². The first-order valence-electron chi connectivity index (χ1n) is 11.4. The molecule has 1 aromatic heterocycles. The largest absolute Gasteiger partial charge is 0.482 e. The highest BCUT2D eigenvalue weighted by molar-refractivity contribution is 6.02. The predicted molar refractivity (Wildman–Crippen MR) is 131 cm³/mol. The van der Waals surface area contributed by atoms with Gasteiger partial charge in [0.05, 0.1) is 16.9 Å². The molecule has 1 heterocycles. The normalized spacial score (nSPS) is 14.7. The molecule has 0 radical (unpaired) electrons. The second kappa shape index (κ2) is 10.7. The van der Waals surface area contributed by atoms with Crippen molar-refractivity contribution in [2.24, 2.45) is 0 Å². The van der Waals surface area contributed by atoms with Crippen LogP contribution < -0.4 is 10.1 Å². The number of carboxylic acids is 1. The van der Waals surface area contributed by atoms with Gasteiger partial charge < -0.3 is 15.2 Å². The molecule has 4 rings (SSSR count). The summed E-state index contributed by atoms with van der Waals surface area (Å²) in [5, 5.41) is 21.6. The summed E-state index contributed by atoms with van der Waals surface area (Å²) in [6, 6.07) is 24.2. The minimum atomic E-state index is -1.05. The fraction of sp³-hybridized carbons (Fsp3) is 0.214. The highest BCUT2D eigenvalue weighted by atomic mass is 16.5. The molecule has 0 atom stereocenters. The molecule has 0 unspecified atom stereocenters. The Balaban J connectivity index is 1.53. The highest BCUT2D eigenvalue weighted by Crippen LogP contribution is 2.38. The number of pyridine rings is 1. The van der Waals surface area contributed by atoms with Crippen LogP contribution in [0.3, 0.4) is 0 Å². The van der Waals surface area contributed by atoms with Crippen molar-refractivity contribution in [3.63, 3.8) is 0 Å². The number of hydrogen-bond acceptors (Lipinski definition) is 5. The topological polar surface area (TPSA) is 112 Å². The van der Waals surface area contributed by atoms with E-state index in [0.29, 0.717) is 17.1 Å². The van der Waals surface area contributed by atoms with Crippen molar-refractivity contribution in [3.05, 3.63) is 89.6 Å². The van der Waals surface area contributed by atoms with E-state index in [1.54, 1.807) is 36.4 Å². The van der Waals surface area contributed by atoms with Crippen molar-refractivity contribution in [2.75, 3.05) is 6.61 Å². The number of rotatable bonds is 8. The molecule has 2 aromatic carbocycles. The Kier molecular flexibility index (Phi) is 7.22. The van der Waals surface area contributed by atoms with E-state index in [0.717, 1.165) is 36.8 Å². The summed E-state index contributed by atoms with van der Waals surface area (Å²) < 4.78 is 5.16. The molecule has 7 nitrogen and oxygen atoms in total. The summed E-state index contributed by atoms with van der Waals surface area (Å²) in [5.74, 6) is -1.02. The van der Waals surface area contributed by atoms with Crippen molar-refractivity contribution < 1.29 is 19.4 Å². The minimum Gasteiger partial charge on any atom is -0.482 e. The molecular weight excluding hydrogens is 442 g/mol. The number of benzene rings is 2. The fourth-order valence-corrected chi connectivity index (χ4v) is 4.36. The van der Waals surface area contributed by atoms with Crippen LogP contribution >= 0.6 is 0 Å². The number of aliphatic carboxylic acids is 1. The maximum absolute atomic E-state index is 13.1. The minimum absolute atomic E-state index is 0.00530. The Bertz CT molecular complexity index is 1270. The van der Waals surface area contributed by atoms with Crippen molar-refractivity contribution in [1.29, 1.82) is 5.26 Å². The lowest BCUT2D eigenvalue weighted by molar-refractivity contribution is -0.139. The summed E-state index contributed by atoms with van der Waals surface area (Å²) in [5.41, 5.74) is 2.51. The number of carbonyl (C=O) groups is 2. The SMILES string of the molecule is N#C/C(=C\c1cccc(-c2ccc(OCC(=O)O)cc2)n1)C(=O)NC1(c2ccccc2)CCCC1. The number of nitrogens with one attached hydrogen (secondary N) is 1. The number of nitrogens with zero attached hydrogens (tertiary/aromatic N) is 2. The van der Waals surface area contributed by atoms with Gasteiger partial charge in [-0.1, -0.05) is 49.2 Å². The van der Waals surface area contributed by atoms with Gasteiger partial charge in [0.25, 0.3) is 5.91 Å². The zero-order valence-corrected chi connectivity index (χ0v) is 19.1. The van der Waals surface area contributed by atoms with Crippen LogP contribution in [0.2, 0.25) is 0 Å². The predicted octanol–water partition coefficient (Wildman–Crippen LogP) is 4.70. The standard InChI is InChI=1S/C28H25N3O4/c29-18-21(27(34)31-28(15-4-5-16-28)22-7-2-1-3-8-22)17-23-9-6-10-25(30-23)20-11-13-24(14-12-20)35-19-26(32)33/h1-3,6-14,17H,4-5,15-16,19H2,(H,31,34)(H,32,33)/b21-17+. The molecule has 176 valence electrons. The van der Waals surface area contributed by atoms with E-state index in [1.165, 1.54) is 6.08 Å². The summed E-state index contributed by atoms with van der Waals surface area (Å²) in [7, 11) is 0. The monoisotopic (exact) mass is 467 g/mol. The summed E-state index contributed by atoms with van der Waals surface area (Å²) >= 11 is 0. The Hall–Kier alpha value is -4.44. The molecule has 35 heavy (non-hydrogen) atoms. The van der Waals surface area contributed by atoms with Gasteiger partial charge in [0.1, 0.15) is 17.4 Å². The van der Waals surface area contributed by atoms with Crippen LogP contribution in [0.25, 0.3) is 17.3 Å². The third-order valence-corrected chi connectivity index (χ3v) is 6.08. The molecule has 0 spiro atoms. The van der Waals surface area contributed by atoms with E-state index >= 15 is 0 Å². The molecule has 0 saturated heterocycles. The zero-order chi connectivity index (χ0) is 24.7. The van der Waals surface area contributed by atoms with E-state index in [9.17, 15) is 14.9 Å². The summed E-state index contributed by atoms with van der Waals surface area (Å²) in [4.78, 5) is 28.4. The molecule has 0 bridgehead atoms. The maximum Gasteiger partial charge on any atom is 0.341 e. The van der Waals surface area contributed by atoms with Crippen molar-refractivity contribution in [3.8, 4) is 23.1 Å². The van der Waals surface area contributed by atoms with E-state index in [2.05, 4.69) is 10.3 Å². The summed E-state index contributed by atoms with van der Waals surface area (Å²) in [6.45, 7) is -0.414. The van der Waals surface area contributed by atoms with E-state index in [-0.39, 0.29) is 5.57 Å². The zero-order valence-electron chi connectivity index (χ0n) is 19.1. The van der Waals surface area contributed by atoms with Gasteiger partial charge in [-0.3, -0.25) is 4.79 Å². The van der Waals surface area contributed by atoms with Crippen LogP contribution in [-0.4, -0.2) is 28.6 Å². The van der Waals surface area contributed by atoms with Crippen LogP contribution in [0.1, 0.15) is 36.9 Å². The van der Waals surface area contributed by atoms with Gasteiger partial charge in [-0.15, -0.1) is 0 Å². The van der Waals surface area contributed by atoms with Crippen LogP contribution in [0.4, 0.5) is 0 Å². The van der Waals surface area contributed by atoms with Gasteiger partial charge in [0.2, 0.25) is 0 Å². The average Bonchev–Trinajstić information content (AvgIpc) is 3.36. The molecule has 1 aliphatic rings. The van der Waals surface area contributed by atoms with Gasteiger partial charge in [0, 0.05) is 5.56 Å². The van der Waals surface area contributed by atoms with Gasteiger partial charge in [0.15, 0.2) is 6.61 Å². The number of carboxylic acid groups (broad SMARTS) is 1. The molecule has 1 aliphatic carbocycles. The second-order valence-corrected chi connectivity index (χ2v) is 8.43. The highest BCUT2D eigenvalue weighted by Gasteiger charge is 2.37. The molecule has 0 aliphatic heterocycles. The lowest BCUT2D eigenvalue weighted by Gasteiger charge is -2.31. The molecule has 1 saturated carbocycles. The van der Waals surface area contributed by atoms with Crippen LogP contribution in [-0.2, 0) is 15.1 Å². The van der Waals surface area contributed by atoms with Gasteiger partial charge in [-0.2, -0.15) is 5.26 Å². The molecule has 1 fully saturated rings. The second-order valence-electron chi connectivity index (χ2n) is 8.43. The first-order valence-corrected chi connectivity index (χ1v) is 11.4. The van der Waals surface area contributed by atoms with E-state index in [4.69, 9.17) is 9.84 Å². The van der Waals surface area contributed by atoms with E-state index < -0.39 is 24.0 Å². The van der Waals surface area contributed by atoms with Crippen LogP contribution in [0.15, 0.2) is 78.4 Å². The first kappa shape index (κ1) is 23.7. The van der Waals surface area contributed by atoms with Crippen LogP contribution in [0, 0.1) is 11.3 Å². The Morgan fingerprint density at radius 1 is 1.03 bits per heavy atom. The third kappa shape index (κ3) is 5.74. The number of ether oxygens (including phenoxy) is 1. The number of aromatic nitrogens is 1. The quantitative estimate of drug-likeness (QED) is 0.367. The van der Waals surface area contributed by atoms with Gasteiger partial charge >= 0.3 is 5.97 Å². The Labute approximate surface area is 203 Å². The summed E-state index contributed by atoms with van der Waals surface area (Å²) in [6.07, 6.45) is 5.20. The lowest BCUT2D eigenvalue weighted by atomic mass is 9.88. The Morgan fingerprint density at radius 2 is 1.74 bits per heavy atom.